The second-order valence-electron chi connectivity index (χ2n) is 13.8. The number of alkyl halides is 6. The van der Waals surface area contributed by atoms with E-state index in [9.17, 15) is 45.1 Å². The molecule has 0 bridgehead atoms. The number of alkyl carbamates (subject to hydrolysis) is 1. The molecule has 8 nitrogen and oxygen atoms in total. The van der Waals surface area contributed by atoms with Crippen LogP contribution in [-0.4, -0.2) is 54.1 Å². The maximum Gasteiger partial charge on any atom is 0.416 e. The molecule has 5 rings (SSSR count). The first kappa shape index (κ1) is 38.6. The highest BCUT2D eigenvalue weighted by Crippen LogP contribution is 2.44. The van der Waals surface area contributed by atoms with Gasteiger partial charge in [0, 0.05) is 37.5 Å². The maximum atomic E-state index is 14.0. The predicted octanol–water partition coefficient (Wildman–Crippen LogP) is 7.54. The molecule has 0 radical (unpaired) electrons. The van der Waals surface area contributed by atoms with Gasteiger partial charge >= 0.3 is 18.4 Å². The Balaban J connectivity index is 1.30. The predicted molar refractivity (Wildman–Crippen MR) is 174 cm³/mol. The van der Waals surface area contributed by atoms with Crippen LogP contribution in [0.25, 0.3) is 0 Å². The van der Waals surface area contributed by atoms with Gasteiger partial charge in [-0.3, -0.25) is 9.59 Å². The maximum absolute atomic E-state index is 14.0. The average Bonchev–Trinajstić information content (AvgIpc) is 3.44. The third-order valence-electron chi connectivity index (χ3n) is 9.41. The number of amides is 3. The lowest BCUT2D eigenvalue weighted by Gasteiger charge is -2.38. The van der Waals surface area contributed by atoms with Crippen LogP contribution in [0.4, 0.5) is 35.5 Å². The monoisotopic (exact) mass is 737 g/mol. The molecule has 5 atom stereocenters. The molecule has 15 heteroatoms. The van der Waals surface area contributed by atoms with Crippen LogP contribution in [0.1, 0.15) is 73.5 Å². The zero-order valence-corrected chi connectivity index (χ0v) is 28.5. The van der Waals surface area contributed by atoms with E-state index >= 15 is 0 Å². The number of carbonyl (C=O) groups excluding carboxylic acids is 3. The van der Waals surface area contributed by atoms with Gasteiger partial charge in [0.1, 0.15) is 12.4 Å². The molecule has 0 saturated carbocycles. The number of fused-ring (bicyclic) bond motifs is 1. The van der Waals surface area contributed by atoms with Crippen LogP contribution in [0.2, 0.25) is 0 Å². The van der Waals surface area contributed by atoms with Crippen LogP contribution in [0.3, 0.4) is 0 Å². The van der Waals surface area contributed by atoms with E-state index in [2.05, 4.69) is 10.6 Å². The summed E-state index contributed by atoms with van der Waals surface area (Å²) < 4.78 is 107. The highest BCUT2D eigenvalue weighted by molar-refractivity contribution is 5.85. The lowest BCUT2D eigenvalue weighted by Crippen LogP contribution is -2.54. The number of rotatable bonds is 10. The Kier molecular flexibility index (Phi) is 11.2. The molecule has 3 aromatic rings. The summed E-state index contributed by atoms with van der Waals surface area (Å²) in [4.78, 5) is 40.7. The summed E-state index contributed by atoms with van der Waals surface area (Å²) in [7, 11) is 0. The van der Waals surface area contributed by atoms with Crippen molar-refractivity contribution in [3.8, 4) is 0 Å². The fraction of sp³-hybridized carbons (Fsp3) is 0.432. The molecular formula is C37H38F7N3O5. The minimum atomic E-state index is -5.05. The van der Waals surface area contributed by atoms with Gasteiger partial charge in [0.05, 0.1) is 28.7 Å². The van der Waals surface area contributed by atoms with E-state index in [1.54, 1.807) is 38.1 Å². The van der Waals surface area contributed by atoms with Crippen molar-refractivity contribution in [3.05, 3.63) is 106 Å². The average molecular weight is 738 g/mol. The van der Waals surface area contributed by atoms with Crippen molar-refractivity contribution in [2.24, 2.45) is 5.41 Å². The standard InChI is InChI=1S/C37H38F7N3O5/c1-21(24-13-25(36(39,40)41)15-26(14-24)37(42,43)44)52-30-18-47-29(32(30)23-9-11-27(38)12-10-23)16-28(17-31(47)48)46-33(49)35(2,3)20-45-34(50)51-19-22-7-5-4-6-8-22/h4-15,21,28-30,32H,16-20H2,1-3H3,(H,45,50)(H,46,49)/t21-,28?,29+,30+,32?/m1/s1. The van der Waals surface area contributed by atoms with Gasteiger partial charge in [-0.1, -0.05) is 42.5 Å². The van der Waals surface area contributed by atoms with E-state index in [4.69, 9.17) is 9.47 Å². The normalized spacial score (nSPS) is 21.3. The second kappa shape index (κ2) is 15.1. The first-order valence-electron chi connectivity index (χ1n) is 16.6. The molecule has 2 fully saturated rings. The molecule has 2 aliphatic rings. The van der Waals surface area contributed by atoms with Crippen LogP contribution in [0.5, 0.6) is 0 Å². The van der Waals surface area contributed by atoms with Gasteiger partial charge in [-0.05, 0) is 74.2 Å². The van der Waals surface area contributed by atoms with Crippen LogP contribution in [0.15, 0.2) is 72.8 Å². The number of piperidine rings is 1. The third kappa shape index (κ3) is 9.22. The Bertz CT molecular complexity index is 1720. The van der Waals surface area contributed by atoms with E-state index in [0.717, 1.165) is 5.56 Å². The van der Waals surface area contributed by atoms with Gasteiger partial charge in [0.25, 0.3) is 0 Å². The van der Waals surface area contributed by atoms with Gasteiger partial charge in [-0.2, -0.15) is 26.3 Å². The van der Waals surface area contributed by atoms with Crippen LogP contribution < -0.4 is 10.6 Å². The van der Waals surface area contributed by atoms with Gasteiger partial charge in [0.15, 0.2) is 0 Å². The fourth-order valence-corrected chi connectivity index (χ4v) is 6.59. The van der Waals surface area contributed by atoms with Crippen LogP contribution >= 0.6 is 0 Å². The van der Waals surface area contributed by atoms with Crippen molar-refractivity contribution in [2.45, 2.75) is 82.8 Å². The molecule has 2 saturated heterocycles. The first-order chi connectivity index (χ1) is 24.3. The number of hydrogen-bond acceptors (Lipinski definition) is 5. The molecule has 0 spiro atoms. The molecule has 0 aliphatic carbocycles. The van der Waals surface area contributed by atoms with E-state index in [1.807, 2.05) is 6.07 Å². The van der Waals surface area contributed by atoms with Crippen molar-refractivity contribution in [2.75, 3.05) is 13.1 Å². The molecule has 2 unspecified atom stereocenters. The highest BCUT2D eigenvalue weighted by atomic mass is 19.4. The Hall–Kier alpha value is -4.66. The summed E-state index contributed by atoms with van der Waals surface area (Å²) in [6.07, 6.45) is -12.9. The SMILES string of the molecule is C[C@@H](O[C@H]1CN2C(=O)CC(NC(=O)C(C)(C)CNC(=O)OCc3ccccc3)C[C@H]2C1c1ccc(F)cc1)c1cc(C(F)(F)F)cc(C(F)(F)F)c1. The number of halogens is 7. The van der Waals surface area contributed by atoms with Gasteiger partial charge in [-0.15, -0.1) is 0 Å². The summed E-state index contributed by atoms with van der Waals surface area (Å²) >= 11 is 0. The Morgan fingerprint density at radius 1 is 0.923 bits per heavy atom. The molecule has 2 heterocycles. The van der Waals surface area contributed by atoms with Gasteiger partial charge < -0.3 is 25.0 Å². The topological polar surface area (TPSA) is 97.0 Å². The lowest BCUT2D eigenvalue weighted by molar-refractivity contribution is -0.143. The summed E-state index contributed by atoms with van der Waals surface area (Å²) in [6, 6.07) is 14.3. The van der Waals surface area contributed by atoms with Crippen molar-refractivity contribution < 1.29 is 54.6 Å². The summed E-state index contributed by atoms with van der Waals surface area (Å²) in [5.74, 6) is -2.03. The number of ether oxygens (including phenoxy) is 2. The number of carbonyl (C=O) groups is 3. The fourth-order valence-electron chi connectivity index (χ4n) is 6.59. The number of hydrogen-bond donors (Lipinski definition) is 2. The zero-order valence-electron chi connectivity index (χ0n) is 28.5. The van der Waals surface area contributed by atoms with Gasteiger partial charge in [-0.25, -0.2) is 9.18 Å². The van der Waals surface area contributed by atoms with Crippen molar-refractivity contribution in [3.63, 3.8) is 0 Å². The summed E-state index contributed by atoms with van der Waals surface area (Å²) in [6.45, 7) is 4.46. The van der Waals surface area contributed by atoms with E-state index in [1.165, 1.54) is 36.1 Å². The second-order valence-corrected chi connectivity index (χ2v) is 13.8. The highest BCUT2D eigenvalue weighted by Gasteiger charge is 2.50. The van der Waals surface area contributed by atoms with E-state index in [0.29, 0.717) is 17.7 Å². The molecule has 0 aromatic heterocycles. The lowest BCUT2D eigenvalue weighted by atomic mass is 9.83. The summed E-state index contributed by atoms with van der Waals surface area (Å²) in [5, 5.41) is 5.48. The molecule has 280 valence electrons. The number of benzene rings is 3. The smallest absolute Gasteiger partial charge is 0.416 e. The van der Waals surface area contributed by atoms with Crippen LogP contribution in [0, 0.1) is 11.2 Å². The molecule has 2 N–H and O–H groups in total. The number of nitrogens with one attached hydrogen (secondary N) is 2. The minimum absolute atomic E-state index is 0.0363. The molecule has 3 aromatic carbocycles. The Morgan fingerprint density at radius 3 is 2.13 bits per heavy atom. The van der Waals surface area contributed by atoms with E-state index < -0.39 is 76.9 Å². The molecule has 52 heavy (non-hydrogen) atoms. The first-order valence-corrected chi connectivity index (χ1v) is 16.6. The molecule has 2 aliphatic heterocycles. The Morgan fingerprint density at radius 2 is 1.54 bits per heavy atom. The van der Waals surface area contributed by atoms with Crippen molar-refractivity contribution in [1.82, 2.24) is 15.5 Å². The quantitative estimate of drug-likeness (QED) is 0.210. The largest absolute Gasteiger partial charge is 0.445 e. The Labute approximate surface area is 295 Å². The van der Waals surface area contributed by atoms with Crippen molar-refractivity contribution >= 4 is 17.9 Å². The van der Waals surface area contributed by atoms with Gasteiger partial charge in [0.2, 0.25) is 11.8 Å². The van der Waals surface area contributed by atoms with Crippen molar-refractivity contribution in [1.29, 1.82) is 0 Å². The third-order valence-corrected chi connectivity index (χ3v) is 9.41. The molecule has 3 amide bonds. The van der Waals surface area contributed by atoms with Crippen LogP contribution in [-0.2, 0) is 38.0 Å². The zero-order chi connectivity index (χ0) is 38.0. The number of nitrogens with zero attached hydrogens (tertiary/aromatic N) is 1. The van der Waals surface area contributed by atoms with E-state index in [-0.39, 0.29) is 50.1 Å². The molecular weight excluding hydrogens is 699 g/mol. The minimum Gasteiger partial charge on any atom is -0.445 e. The summed E-state index contributed by atoms with van der Waals surface area (Å²) in [5.41, 5.74) is -3.14.